The predicted molar refractivity (Wildman–Crippen MR) is 117 cm³/mol. The largest absolute Gasteiger partial charge is 0.496 e. The van der Waals surface area contributed by atoms with Crippen LogP contribution in [-0.2, 0) is 4.79 Å². The molecule has 2 amide bonds. The van der Waals surface area contributed by atoms with Crippen molar-refractivity contribution in [3.63, 3.8) is 0 Å². The highest BCUT2D eigenvalue weighted by Gasteiger charge is 2.31. The van der Waals surface area contributed by atoms with Gasteiger partial charge < -0.3 is 24.7 Å². The van der Waals surface area contributed by atoms with Gasteiger partial charge in [-0.2, -0.15) is 0 Å². The lowest BCUT2D eigenvalue weighted by Gasteiger charge is -2.34. The van der Waals surface area contributed by atoms with Gasteiger partial charge in [0, 0.05) is 43.5 Å². The van der Waals surface area contributed by atoms with Crippen molar-refractivity contribution in [1.82, 2.24) is 14.8 Å². The SMILES string of the molecule is COc1ccc(/C=N/O)c2[nH]cc(C(=O)C(=O)N3CCN(C(=O)c4ccccc4)CC3)c12. The molecule has 0 bridgehead atoms. The van der Waals surface area contributed by atoms with E-state index >= 15 is 0 Å². The zero-order chi connectivity index (χ0) is 22.7. The molecule has 1 aromatic heterocycles. The van der Waals surface area contributed by atoms with E-state index in [1.165, 1.54) is 24.4 Å². The van der Waals surface area contributed by atoms with E-state index in [2.05, 4.69) is 10.1 Å². The van der Waals surface area contributed by atoms with Crippen molar-refractivity contribution in [3.05, 3.63) is 65.4 Å². The van der Waals surface area contributed by atoms with E-state index < -0.39 is 11.7 Å². The highest BCUT2D eigenvalue weighted by Crippen LogP contribution is 2.31. The Hall–Kier alpha value is -4.14. The second-order valence-corrected chi connectivity index (χ2v) is 7.33. The van der Waals surface area contributed by atoms with Crippen LogP contribution in [0.3, 0.4) is 0 Å². The molecule has 0 unspecified atom stereocenters. The van der Waals surface area contributed by atoms with E-state index in [1.807, 2.05) is 6.07 Å². The average Bonchev–Trinajstić information content (AvgIpc) is 3.29. The Kier molecular flexibility index (Phi) is 5.89. The first-order valence-electron chi connectivity index (χ1n) is 10.1. The molecule has 9 heteroatoms. The Bertz CT molecular complexity index is 1190. The number of fused-ring (bicyclic) bond motifs is 1. The fourth-order valence-corrected chi connectivity index (χ4v) is 3.89. The van der Waals surface area contributed by atoms with Gasteiger partial charge in [-0.3, -0.25) is 14.4 Å². The third-order valence-electron chi connectivity index (χ3n) is 5.56. The summed E-state index contributed by atoms with van der Waals surface area (Å²) in [5.74, 6) is -0.981. The number of nitrogens with zero attached hydrogens (tertiary/aromatic N) is 3. The molecule has 2 aromatic carbocycles. The molecule has 0 atom stereocenters. The molecule has 9 nitrogen and oxygen atoms in total. The number of H-pyrrole nitrogens is 1. The second kappa shape index (κ2) is 8.93. The maximum Gasteiger partial charge on any atom is 0.295 e. The number of aromatic nitrogens is 1. The number of ketones is 1. The van der Waals surface area contributed by atoms with Gasteiger partial charge in [0.25, 0.3) is 17.6 Å². The Morgan fingerprint density at radius 3 is 2.38 bits per heavy atom. The molecule has 1 aliphatic rings. The van der Waals surface area contributed by atoms with Gasteiger partial charge in [-0.15, -0.1) is 0 Å². The molecule has 3 aromatic rings. The molecule has 0 radical (unpaired) electrons. The third kappa shape index (κ3) is 3.80. The van der Waals surface area contributed by atoms with Crippen molar-refractivity contribution in [2.45, 2.75) is 0 Å². The number of hydrogen-bond donors (Lipinski definition) is 2. The Balaban J connectivity index is 1.51. The quantitative estimate of drug-likeness (QED) is 0.210. The number of methoxy groups -OCH3 is 1. The Morgan fingerprint density at radius 2 is 1.72 bits per heavy atom. The van der Waals surface area contributed by atoms with Crippen LogP contribution in [0.1, 0.15) is 26.3 Å². The number of carbonyl (C=O) groups is 3. The molecule has 164 valence electrons. The minimum atomic E-state index is -0.671. The number of oxime groups is 1. The summed E-state index contributed by atoms with van der Waals surface area (Å²) in [6.07, 6.45) is 2.69. The maximum absolute atomic E-state index is 13.1. The average molecular weight is 434 g/mol. The zero-order valence-corrected chi connectivity index (χ0v) is 17.4. The number of benzene rings is 2. The van der Waals surface area contributed by atoms with Crippen LogP contribution in [0.2, 0.25) is 0 Å². The van der Waals surface area contributed by atoms with Crippen molar-refractivity contribution in [2.24, 2.45) is 5.16 Å². The van der Waals surface area contributed by atoms with Crippen LogP contribution in [0.15, 0.2) is 53.8 Å². The summed E-state index contributed by atoms with van der Waals surface area (Å²) in [6.45, 7) is 1.23. The lowest BCUT2D eigenvalue weighted by Crippen LogP contribution is -2.52. The summed E-state index contributed by atoms with van der Waals surface area (Å²) in [6, 6.07) is 12.3. The summed E-state index contributed by atoms with van der Waals surface area (Å²) in [7, 11) is 1.47. The number of piperazine rings is 1. The number of ether oxygens (including phenoxy) is 1. The smallest absolute Gasteiger partial charge is 0.295 e. The van der Waals surface area contributed by atoms with Gasteiger partial charge in [0.15, 0.2) is 0 Å². The maximum atomic E-state index is 13.1. The molecule has 1 aliphatic heterocycles. The molecule has 1 saturated heterocycles. The minimum Gasteiger partial charge on any atom is -0.496 e. The van der Waals surface area contributed by atoms with Crippen molar-refractivity contribution >= 4 is 34.7 Å². The molecule has 2 N–H and O–H groups in total. The molecule has 4 rings (SSSR count). The molecular weight excluding hydrogens is 412 g/mol. The second-order valence-electron chi connectivity index (χ2n) is 7.33. The molecule has 0 spiro atoms. The van der Waals surface area contributed by atoms with E-state index in [4.69, 9.17) is 9.94 Å². The number of carbonyl (C=O) groups excluding carboxylic acids is 3. The summed E-state index contributed by atoms with van der Waals surface area (Å²) < 4.78 is 5.37. The summed E-state index contributed by atoms with van der Waals surface area (Å²) in [5.41, 5.74) is 1.84. The molecular formula is C23H22N4O5. The van der Waals surface area contributed by atoms with Crippen LogP contribution in [0, 0.1) is 0 Å². The number of aromatic amines is 1. The van der Waals surface area contributed by atoms with Gasteiger partial charge in [-0.05, 0) is 24.3 Å². The van der Waals surface area contributed by atoms with E-state index in [9.17, 15) is 14.4 Å². The normalized spacial score (nSPS) is 14.2. The van der Waals surface area contributed by atoms with Gasteiger partial charge >= 0.3 is 0 Å². The first kappa shape index (κ1) is 21.1. The molecule has 32 heavy (non-hydrogen) atoms. The van der Waals surface area contributed by atoms with Crippen molar-refractivity contribution in [1.29, 1.82) is 0 Å². The van der Waals surface area contributed by atoms with Crippen LogP contribution in [-0.4, -0.2) is 77.1 Å². The minimum absolute atomic E-state index is 0.0940. The number of rotatable bonds is 5. The Morgan fingerprint density at radius 1 is 1.03 bits per heavy atom. The highest BCUT2D eigenvalue weighted by atomic mass is 16.5. The van der Waals surface area contributed by atoms with E-state index in [1.54, 1.807) is 41.3 Å². The fraction of sp³-hybridized carbons (Fsp3) is 0.217. The fourth-order valence-electron chi connectivity index (χ4n) is 3.89. The molecule has 0 aliphatic carbocycles. The summed E-state index contributed by atoms with van der Waals surface area (Å²) >= 11 is 0. The van der Waals surface area contributed by atoms with Crippen LogP contribution in [0.5, 0.6) is 5.75 Å². The zero-order valence-electron chi connectivity index (χ0n) is 17.4. The highest BCUT2D eigenvalue weighted by molar-refractivity contribution is 6.45. The van der Waals surface area contributed by atoms with Crippen LogP contribution in [0.4, 0.5) is 0 Å². The monoisotopic (exact) mass is 434 g/mol. The van der Waals surface area contributed by atoms with Crippen molar-refractivity contribution in [2.75, 3.05) is 33.3 Å². The molecule has 1 fully saturated rings. The van der Waals surface area contributed by atoms with E-state index in [-0.39, 0.29) is 24.6 Å². The molecule has 2 heterocycles. The molecule has 0 saturated carbocycles. The number of nitrogens with one attached hydrogen (secondary N) is 1. The van der Waals surface area contributed by atoms with Gasteiger partial charge in [0.05, 0.1) is 29.8 Å². The number of amides is 2. The summed E-state index contributed by atoms with van der Waals surface area (Å²) in [5, 5.41) is 12.4. The van der Waals surface area contributed by atoms with E-state index in [0.29, 0.717) is 40.9 Å². The van der Waals surface area contributed by atoms with Crippen LogP contribution < -0.4 is 4.74 Å². The van der Waals surface area contributed by atoms with Crippen LogP contribution >= 0.6 is 0 Å². The van der Waals surface area contributed by atoms with Gasteiger partial charge in [0.2, 0.25) is 0 Å². The van der Waals surface area contributed by atoms with Crippen LogP contribution in [0.25, 0.3) is 10.9 Å². The van der Waals surface area contributed by atoms with Gasteiger partial charge in [0.1, 0.15) is 5.75 Å². The van der Waals surface area contributed by atoms with E-state index in [0.717, 1.165) is 0 Å². The van der Waals surface area contributed by atoms with Gasteiger partial charge in [-0.25, -0.2) is 0 Å². The third-order valence-corrected chi connectivity index (χ3v) is 5.56. The lowest BCUT2D eigenvalue weighted by molar-refractivity contribution is -0.127. The predicted octanol–water partition coefficient (Wildman–Crippen LogP) is 2.15. The van der Waals surface area contributed by atoms with Crippen molar-refractivity contribution < 1.29 is 24.3 Å². The van der Waals surface area contributed by atoms with Crippen molar-refractivity contribution in [3.8, 4) is 5.75 Å². The van der Waals surface area contributed by atoms with Gasteiger partial charge in [-0.1, -0.05) is 23.4 Å². The standard InChI is InChI=1S/C23H22N4O5/c1-32-18-8-7-16(13-25-31)20-19(18)17(14-24-20)21(28)23(30)27-11-9-26(10-12-27)22(29)15-5-3-2-4-6-15/h2-8,13-14,24,31H,9-12H2,1H3/b25-13+. The lowest BCUT2D eigenvalue weighted by atomic mass is 10.0. The summed E-state index contributed by atoms with van der Waals surface area (Å²) in [4.78, 5) is 44.7. The first-order chi connectivity index (χ1) is 15.5. The number of hydrogen-bond acceptors (Lipinski definition) is 6. The number of Topliss-reactive ketones (excluding diaryl/α,β-unsaturated/α-hetero) is 1. The first-order valence-corrected chi connectivity index (χ1v) is 10.1. The Labute approximate surface area is 183 Å². The topological polar surface area (TPSA) is 115 Å².